The predicted molar refractivity (Wildman–Crippen MR) is 108 cm³/mol. The minimum absolute atomic E-state index is 0.320. The molecule has 3 rings (SSSR count). The van der Waals surface area contributed by atoms with Crippen molar-refractivity contribution in [2.24, 2.45) is 5.10 Å². The van der Waals surface area contributed by atoms with E-state index in [2.05, 4.69) is 17.1 Å². The predicted octanol–water partition coefficient (Wildman–Crippen LogP) is 4.18. The first-order valence-electron chi connectivity index (χ1n) is 8.46. The van der Waals surface area contributed by atoms with E-state index in [1.807, 2.05) is 36.4 Å². The van der Waals surface area contributed by atoms with Gasteiger partial charge in [-0.1, -0.05) is 55.1 Å². The minimum Gasteiger partial charge on any atom is -0.496 e. The summed E-state index contributed by atoms with van der Waals surface area (Å²) >= 11 is 0. The third-order valence-electron chi connectivity index (χ3n) is 4.00. The van der Waals surface area contributed by atoms with Gasteiger partial charge in [-0.2, -0.15) is 5.10 Å². The van der Waals surface area contributed by atoms with Gasteiger partial charge in [0.25, 0.3) is 5.91 Å². The Morgan fingerprint density at radius 2 is 1.85 bits per heavy atom. The summed E-state index contributed by atoms with van der Waals surface area (Å²) < 4.78 is 10.9. The van der Waals surface area contributed by atoms with E-state index in [0.29, 0.717) is 23.7 Å². The summed E-state index contributed by atoms with van der Waals surface area (Å²) in [6.07, 6.45) is 3.21. The third kappa shape index (κ3) is 4.15. The molecule has 0 saturated carbocycles. The molecule has 0 fully saturated rings. The van der Waals surface area contributed by atoms with E-state index in [1.54, 1.807) is 43.7 Å². The van der Waals surface area contributed by atoms with E-state index in [9.17, 15) is 4.79 Å². The molecule has 0 aliphatic carbocycles. The van der Waals surface area contributed by atoms with Gasteiger partial charge in [-0.15, -0.1) is 0 Å². The highest BCUT2D eigenvalue weighted by Crippen LogP contribution is 2.26. The first-order valence-corrected chi connectivity index (χ1v) is 8.46. The molecule has 0 spiro atoms. The van der Waals surface area contributed by atoms with Crippen LogP contribution in [-0.2, 0) is 0 Å². The van der Waals surface area contributed by atoms with E-state index < -0.39 is 0 Å². The van der Waals surface area contributed by atoms with Crippen LogP contribution in [0, 0.1) is 0 Å². The largest absolute Gasteiger partial charge is 0.496 e. The Hall–Kier alpha value is -3.60. The van der Waals surface area contributed by atoms with Gasteiger partial charge in [-0.3, -0.25) is 4.79 Å². The van der Waals surface area contributed by atoms with Crippen molar-refractivity contribution >= 4 is 22.9 Å². The summed E-state index contributed by atoms with van der Waals surface area (Å²) in [5.41, 5.74) is 3.75. The molecule has 0 saturated heterocycles. The Balaban J connectivity index is 1.83. The lowest BCUT2D eigenvalue weighted by Crippen LogP contribution is -2.18. The molecule has 0 heterocycles. The Labute approximate surface area is 157 Å². The second kappa shape index (κ2) is 8.67. The number of benzene rings is 3. The summed E-state index contributed by atoms with van der Waals surface area (Å²) in [6, 6.07) is 18.8. The number of amides is 1. The van der Waals surface area contributed by atoms with Crippen molar-refractivity contribution in [3.05, 3.63) is 84.4 Å². The number of hydrogen-bond donors (Lipinski definition) is 1. The van der Waals surface area contributed by atoms with E-state index in [0.717, 1.165) is 16.3 Å². The maximum atomic E-state index is 12.5. The summed E-state index contributed by atoms with van der Waals surface area (Å²) in [5.74, 6) is 0.805. The summed E-state index contributed by atoms with van der Waals surface area (Å²) in [6.45, 7) is 3.93. The Kier molecular flexibility index (Phi) is 5.84. The quantitative estimate of drug-likeness (QED) is 0.391. The molecule has 0 aliphatic heterocycles. The SMILES string of the molecule is C=CCOc1ccccc1C(=O)N/N=C/c1c(OC)ccc2ccccc12. The maximum absolute atomic E-state index is 12.5. The van der Waals surface area contributed by atoms with Gasteiger partial charge in [0.1, 0.15) is 18.1 Å². The number of nitrogens with one attached hydrogen (secondary N) is 1. The first-order chi connectivity index (χ1) is 13.2. The van der Waals surface area contributed by atoms with Crippen LogP contribution >= 0.6 is 0 Å². The fourth-order valence-electron chi connectivity index (χ4n) is 2.73. The molecule has 0 aromatic heterocycles. The number of hydrazone groups is 1. The van der Waals surface area contributed by atoms with Crippen LogP contribution in [0.5, 0.6) is 11.5 Å². The van der Waals surface area contributed by atoms with Crippen molar-refractivity contribution in [3.63, 3.8) is 0 Å². The number of fused-ring (bicyclic) bond motifs is 1. The third-order valence-corrected chi connectivity index (χ3v) is 4.00. The average Bonchev–Trinajstić information content (AvgIpc) is 2.72. The Morgan fingerprint density at radius 1 is 1.07 bits per heavy atom. The van der Waals surface area contributed by atoms with Crippen molar-refractivity contribution < 1.29 is 14.3 Å². The molecule has 27 heavy (non-hydrogen) atoms. The smallest absolute Gasteiger partial charge is 0.275 e. The van der Waals surface area contributed by atoms with Crippen LogP contribution in [0.1, 0.15) is 15.9 Å². The molecule has 136 valence electrons. The van der Waals surface area contributed by atoms with Crippen molar-refractivity contribution in [2.45, 2.75) is 0 Å². The van der Waals surface area contributed by atoms with E-state index >= 15 is 0 Å². The molecule has 0 aliphatic rings. The number of hydrogen-bond acceptors (Lipinski definition) is 4. The summed E-state index contributed by atoms with van der Waals surface area (Å²) in [7, 11) is 1.60. The molecule has 1 amide bonds. The van der Waals surface area contributed by atoms with Crippen LogP contribution in [0.15, 0.2) is 78.4 Å². The number of carbonyl (C=O) groups is 1. The van der Waals surface area contributed by atoms with Crippen LogP contribution in [0.4, 0.5) is 0 Å². The lowest BCUT2D eigenvalue weighted by Gasteiger charge is -2.09. The van der Waals surface area contributed by atoms with Crippen molar-refractivity contribution in [1.29, 1.82) is 0 Å². The standard InChI is InChI=1S/C22H20N2O3/c1-3-14-27-21-11-7-6-10-18(21)22(25)24-23-15-19-17-9-5-4-8-16(17)12-13-20(19)26-2/h3-13,15H,1,14H2,2H3,(H,24,25)/b23-15+. The van der Waals surface area contributed by atoms with Gasteiger partial charge in [0.2, 0.25) is 0 Å². The van der Waals surface area contributed by atoms with Gasteiger partial charge in [0, 0.05) is 5.56 Å². The lowest BCUT2D eigenvalue weighted by atomic mass is 10.0. The number of methoxy groups -OCH3 is 1. The molecule has 5 nitrogen and oxygen atoms in total. The summed E-state index contributed by atoms with van der Waals surface area (Å²) in [5, 5.41) is 6.17. The molecule has 3 aromatic carbocycles. The minimum atomic E-state index is -0.356. The zero-order valence-corrected chi connectivity index (χ0v) is 15.0. The molecule has 1 N–H and O–H groups in total. The zero-order chi connectivity index (χ0) is 19.1. The molecule has 0 bridgehead atoms. The fraction of sp³-hybridized carbons (Fsp3) is 0.0909. The molecule has 5 heteroatoms. The lowest BCUT2D eigenvalue weighted by molar-refractivity contribution is 0.0951. The molecule has 0 atom stereocenters. The number of ether oxygens (including phenoxy) is 2. The summed E-state index contributed by atoms with van der Waals surface area (Å²) in [4.78, 5) is 12.5. The van der Waals surface area contributed by atoms with Crippen molar-refractivity contribution in [1.82, 2.24) is 5.43 Å². The zero-order valence-electron chi connectivity index (χ0n) is 15.0. The highest BCUT2D eigenvalue weighted by atomic mass is 16.5. The highest BCUT2D eigenvalue weighted by Gasteiger charge is 2.11. The van der Waals surface area contributed by atoms with Crippen LogP contribution in [0.2, 0.25) is 0 Å². The number of rotatable bonds is 7. The number of carbonyl (C=O) groups excluding carboxylic acids is 1. The number of nitrogens with zero attached hydrogens (tertiary/aromatic N) is 1. The van der Waals surface area contributed by atoms with E-state index in [4.69, 9.17) is 9.47 Å². The monoisotopic (exact) mass is 360 g/mol. The highest BCUT2D eigenvalue weighted by molar-refractivity contribution is 6.03. The van der Waals surface area contributed by atoms with Gasteiger partial charge < -0.3 is 9.47 Å². The molecular weight excluding hydrogens is 340 g/mol. The van der Waals surface area contributed by atoms with E-state index in [-0.39, 0.29) is 5.91 Å². The van der Waals surface area contributed by atoms with Crippen LogP contribution < -0.4 is 14.9 Å². The molecule has 3 aromatic rings. The molecule has 0 radical (unpaired) electrons. The van der Waals surface area contributed by atoms with Crippen molar-refractivity contribution in [2.75, 3.05) is 13.7 Å². The van der Waals surface area contributed by atoms with Crippen LogP contribution in [0.3, 0.4) is 0 Å². The van der Waals surface area contributed by atoms with Gasteiger partial charge >= 0.3 is 0 Å². The van der Waals surface area contributed by atoms with Gasteiger partial charge in [0.15, 0.2) is 0 Å². The van der Waals surface area contributed by atoms with Gasteiger partial charge in [0.05, 0.1) is 18.9 Å². The molecular formula is C22H20N2O3. The fourth-order valence-corrected chi connectivity index (χ4v) is 2.73. The second-order valence-corrected chi connectivity index (χ2v) is 5.70. The Morgan fingerprint density at radius 3 is 2.67 bits per heavy atom. The normalized spacial score (nSPS) is 10.7. The van der Waals surface area contributed by atoms with Crippen molar-refractivity contribution in [3.8, 4) is 11.5 Å². The maximum Gasteiger partial charge on any atom is 0.275 e. The second-order valence-electron chi connectivity index (χ2n) is 5.70. The Bertz CT molecular complexity index is 996. The van der Waals surface area contributed by atoms with Gasteiger partial charge in [-0.25, -0.2) is 5.43 Å². The van der Waals surface area contributed by atoms with E-state index in [1.165, 1.54) is 0 Å². The van der Waals surface area contributed by atoms with Crippen LogP contribution in [0.25, 0.3) is 10.8 Å². The van der Waals surface area contributed by atoms with Crippen LogP contribution in [-0.4, -0.2) is 25.8 Å². The average molecular weight is 360 g/mol. The first kappa shape index (κ1) is 18.2. The van der Waals surface area contributed by atoms with Gasteiger partial charge in [-0.05, 0) is 29.0 Å². The molecule has 0 unspecified atom stereocenters. The topological polar surface area (TPSA) is 59.9 Å². The number of para-hydroxylation sites is 1.